The molecule has 35 heavy (non-hydrogen) atoms. The van der Waals surface area contributed by atoms with Crippen LogP contribution in [0.25, 0.3) is 9.75 Å². The van der Waals surface area contributed by atoms with Crippen molar-refractivity contribution in [1.29, 1.82) is 0 Å². The number of carboxylic acid groups (broad SMARTS) is 1. The van der Waals surface area contributed by atoms with Gasteiger partial charge in [-0.25, -0.2) is 9.78 Å². The molecular weight excluding hydrogens is 474 g/mol. The molecule has 192 valence electrons. The van der Waals surface area contributed by atoms with Crippen LogP contribution in [0.2, 0.25) is 0 Å². The van der Waals surface area contributed by atoms with Crippen molar-refractivity contribution < 1.29 is 9.90 Å². The lowest BCUT2D eigenvalue weighted by atomic mass is 9.76. The minimum atomic E-state index is -0.781. The number of hydrogen-bond donors (Lipinski definition) is 2. The molecule has 2 saturated carbocycles. The first-order valence-electron chi connectivity index (χ1n) is 13.7. The number of carboxylic acids is 1. The van der Waals surface area contributed by atoms with Gasteiger partial charge in [0.2, 0.25) is 0 Å². The first-order chi connectivity index (χ1) is 16.9. The largest absolute Gasteiger partial charge is 0.478 e. The van der Waals surface area contributed by atoms with Gasteiger partial charge >= 0.3 is 5.97 Å². The summed E-state index contributed by atoms with van der Waals surface area (Å²) in [7, 11) is 1.96. The molecule has 0 radical (unpaired) electrons. The molecule has 5 rings (SSSR count). The van der Waals surface area contributed by atoms with Crippen LogP contribution in [0.1, 0.15) is 111 Å². The van der Waals surface area contributed by atoms with Crippen molar-refractivity contribution in [2.24, 2.45) is 5.41 Å². The zero-order valence-corrected chi connectivity index (χ0v) is 23.3. The van der Waals surface area contributed by atoms with Crippen LogP contribution in [0.5, 0.6) is 0 Å². The highest BCUT2D eigenvalue weighted by atomic mass is 32.1. The molecule has 0 amide bonds. The molecule has 0 saturated heterocycles. The Bertz CT molecular complexity index is 1030. The summed E-state index contributed by atoms with van der Waals surface area (Å²) in [5, 5.41) is 14.8. The second kappa shape index (κ2) is 10.5. The van der Waals surface area contributed by atoms with E-state index >= 15 is 0 Å². The fourth-order valence-electron chi connectivity index (χ4n) is 6.55. The number of thiophene rings is 1. The lowest BCUT2D eigenvalue weighted by Gasteiger charge is -2.41. The molecule has 2 aromatic rings. The van der Waals surface area contributed by atoms with Crippen LogP contribution in [-0.4, -0.2) is 35.2 Å². The average Bonchev–Trinajstić information content (AvgIpc) is 3.41. The van der Waals surface area contributed by atoms with Crippen LogP contribution < -0.4 is 10.2 Å². The van der Waals surface area contributed by atoms with E-state index in [2.05, 4.69) is 24.1 Å². The van der Waals surface area contributed by atoms with Gasteiger partial charge in [0.15, 0.2) is 5.13 Å². The Morgan fingerprint density at radius 1 is 1.03 bits per heavy atom. The summed E-state index contributed by atoms with van der Waals surface area (Å²) in [5.41, 5.74) is 2.80. The Kier molecular flexibility index (Phi) is 7.57. The van der Waals surface area contributed by atoms with Gasteiger partial charge in [-0.2, -0.15) is 0 Å². The fraction of sp³-hybridized carbons (Fsp3) is 0.714. The molecule has 0 bridgehead atoms. The Labute approximate surface area is 218 Å². The Morgan fingerprint density at radius 3 is 2.23 bits per heavy atom. The molecule has 0 spiro atoms. The zero-order chi connectivity index (χ0) is 24.6. The highest BCUT2D eigenvalue weighted by Gasteiger charge is 2.36. The van der Waals surface area contributed by atoms with Crippen LogP contribution >= 0.6 is 22.7 Å². The number of anilines is 1. The van der Waals surface area contributed by atoms with Crippen molar-refractivity contribution in [2.75, 3.05) is 11.9 Å². The predicted octanol–water partition coefficient (Wildman–Crippen LogP) is 7.28. The molecule has 0 unspecified atom stereocenters. The van der Waals surface area contributed by atoms with Crippen LogP contribution in [0.15, 0.2) is 0 Å². The third kappa shape index (κ3) is 5.19. The van der Waals surface area contributed by atoms with E-state index < -0.39 is 5.97 Å². The van der Waals surface area contributed by atoms with E-state index in [1.54, 1.807) is 22.7 Å². The van der Waals surface area contributed by atoms with Crippen molar-refractivity contribution >= 4 is 33.8 Å². The maximum atomic E-state index is 12.6. The minimum Gasteiger partial charge on any atom is -0.478 e. The summed E-state index contributed by atoms with van der Waals surface area (Å²) in [6, 6.07) is 1.15. The van der Waals surface area contributed by atoms with Gasteiger partial charge in [-0.3, -0.25) is 0 Å². The number of hydrogen-bond acceptors (Lipinski definition) is 6. The zero-order valence-electron chi connectivity index (χ0n) is 21.6. The first kappa shape index (κ1) is 25.2. The van der Waals surface area contributed by atoms with Gasteiger partial charge in [0.05, 0.1) is 21.0 Å². The molecule has 3 aliphatic rings. The first-order valence-corrected chi connectivity index (χ1v) is 15.3. The highest BCUT2D eigenvalue weighted by molar-refractivity contribution is 7.24. The molecule has 2 heterocycles. The van der Waals surface area contributed by atoms with Crippen molar-refractivity contribution in [2.45, 2.75) is 116 Å². The van der Waals surface area contributed by atoms with E-state index in [1.165, 1.54) is 69.1 Å². The van der Waals surface area contributed by atoms with E-state index in [1.807, 2.05) is 7.05 Å². The normalized spacial score (nSPS) is 21.1. The van der Waals surface area contributed by atoms with E-state index in [0.717, 1.165) is 45.4 Å². The number of aromatic nitrogens is 1. The molecule has 2 N–H and O–H groups in total. The summed E-state index contributed by atoms with van der Waals surface area (Å²) in [5.74, 6) is -0.781. The molecular formula is C28H41N3O2S2. The average molecular weight is 516 g/mol. The van der Waals surface area contributed by atoms with Crippen LogP contribution in [-0.2, 0) is 19.4 Å². The third-order valence-corrected chi connectivity index (χ3v) is 10.9. The number of nitrogens with one attached hydrogen (secondary N) is 1. The van der Waals surface area contributed by atoms with Gasteiger partial charge in [0.25, 0.3) is 0 Å². The molecule has 0 aliphatic heterocycles. The van der Waals surface area contributed by atoms with Crippen LogP contribution in [0, 0.1) is 5.41 Å². The lowest BCUT2D eigenvalue weighted by Crippen LogP contribution is -2.45. The summed E-state index contributed by atoms with van der Waals surface area (Å²) in [6.07, 6.45) is 15.9. The van der Waals surface area contributed by atoms with Gasteiger partial charge in [0.1, 0.15) is 0 Å². The smallest absolute Gasteiger partial charge is 0.337 e. The Morgan fingerprint density at radius 2 is 1.66 bits per heavy atom. The summed E-state index contributed by atoms with van der Waals surface area (Å²) in [4.78, 5) is 23.9. The van der Waals surface area contributed by atoms with E-state index in [9.17, 15) is 9.90 Å². The fourth-order valence-corrected chi connectivity index (χ4v) is 9.24. The third-order valence-electron chi connectivity index (χ3n) is 8.38. The van der Waals surface area contributed by atoms with Gasteiger partial charge in [0, 0.05) is 23.5 Å². The standard InChI is InChI=1S/C28H41N3O2S2/c1-28(2)15-14-22-20(16-28)23(26(32)33)25(34-22)24-21(17-29-3)30-27(35-24)31(18-10-6-4-7-11-18)19-12-8-5-9-13-19/h18-19,29H,4-17H2,1-3H3,(H,32,33). The monoisotopic (exact) mass is 515 g/mol. The summed E-state index contributed by atoms with van der Waals surface area (Å²) < 4.78 is 0. The second-order valence-electron chi connectivity index (χ2n) is 11.6. The van der Waals surface area contributed by atoms with E-state index in [4.69, 9.17) is 4.98 Å². The predicted molar refractivity (Wildman–Crippen MR) is 147 cm³/mol. The van der Waals surface area contributed by atoms with E-state index in [-0.39, 0.29) is 5.41 Å². The Balaban J connectivity index is 1.59. The van der Waals surface area contributed by atoms with Crippen LogP contribution in [0.3, 0.4) is 0 Å². The summed E-state index contributed by atoms with van der Waals surface area (Å²) in [6.45, 7) is 5.20. The second-order valence-corrected chi connectivity index (χ2v) is 13.7. The minimum absolute atomic E-state index is 0.154. The quantitative estimate of drug-likeness (QED) is 0.406. The summed E-state index contributed by atoms with van der Waals surface area (Å²) >= 11 is 3.49. The molecule has 5 nitrogen and oxygen atoms in total. The van der Waals surface area contributed by atoms with Crippen molar-refractivity contribution in [3.05, 3.63) is 21.7 Å². The number of thiazole rings is 1. The van der Waals surface area contributed by atoms with Gasteiger partial charge in [-0.1, -0.05) is 63.7 Å². The molecule has 0 atom stereocenters. The lowest BCUT2D eigenvalue weighted by molar-refractivity contribution is 0.0696. The maximum absolute atomic E-state index is 12.6. The van der Waals surface area contributed by atoms with Crippen molar-refractivity contribution in [1.82, 2.24) is 10.3 Å². The molecule has 7 heteroatoms. The van der Waals surface area contributed by atoms with Crippen LogP contribution in [0.4, 0.5) is 5.13 Å². The Hall–Kier alpha value is -1.44. The van der Waals surface area contributed by atoms with Crippen molar-refractivity contribution in [3.63, 3.8) is 0 Å². The van der Waals surface area contributed by atoms with E-state index in [0.29, 0.717) is 24.2 Å². The number of nitrogens with zero attached hydrogens (tertiary/aromatic N) is 2. The number of aryl methyl sites for hydroxylation is 1. The number of rotatable bonds is 7. The molecule has 2 fully saturated rings. The maximum Gasteiger partial charge on any atom is 0.337 e. The van der Waals surface area contributed by atoms with Gasteiger partial charge in [-0.15, -0.1) is 11.3 Å². The SMILES string of the molecule is CNCc1nc(N(C2CCCCC2)C2CCCCC2)sc1-c1sc2c(c1C(=O)O)CC(C)(C)CC2. The number of carbonyl (C=O) groups is 1. The highest BCUT2D eigenvalue weighted by Crippen LogP contribution is 2.49. The molecule has 3 aliphatic carbocycles. The van der Waals surface area contributed by atoms with Crippen molar-refractivity contribution in [3.8, 4) is 9.75 Å². The number of fused-ring (bicyclic) bond motifs is 1. The molecule has 0 aromatic carbocycles. The topological polar surface area (TPSA) is 65.5 Å². The molecule has 2 aromatic heterocycles. The number of aromatic carboxylic acids is 1. The van der Waals surface area contributed by atoms with Gasteiger partial charge < -0.3 is 15.3 Å². The van der Waals surface area contributed by atoms with Gasteiger partial charge in [-0.05, 0) is 63.0 Å².